The smallest absolute Gasteiger partial charge is 0.0640 e. The number of aromatic nitrogens is 2. The van der Waals surface area contributed by atoms with E-state index in [1.807, 2.05) is 24.0 Å². The summed E-state index contributed by atoms with van der Waals surface area (Å²) in [5.41, 5.74) is 3.87. The number of aryl methyl sites for hydroxylation is 1. The zero-order chi connectivity index (χ0) is 9.68. The first kappa shape index (κ1) is 10.6. The number of nitrogens with two attached hydrogens (primary N) is 1. The van der Waals surface area contributed by atoms with Gasteiger partial charge in [-0.05, 0) is 12.3 Å². The fourth-order valence-corrected chi connectivity index (χ4v) is 1.81. The molecule has 1 heterocycles. The zero-order valence-electron chi connectivity index (χ0n) is 8.03. The fourth-order valence-electron chi connectivity index (χ4n) is 1.19. The van der Waals surface area contributed by atoms with Gasteiger partial charge in [0.15, 0.2) is 0 Å². The maximum Gasteiger partial charge on any atom is 0.0640 e. The van der Waals surface area contributed by atoms with Crippen molar-refractivity contribution in [2.24, 2.45) is 12.9 Å². The fraction of sp³-hybridized carbons (Fsp3) is 0.625. The predicted octanol–water partition coefficient (Wildman–Crippen LogP) is 0.157. The highest BCUT2D eigenvalue weighted by Gasteiger charge is 2.08. The predicted molar refractivity (Wildman–Crippen MR) is 56.4 cm³/mol. The summed E-state index contributed by atoms with van der Waals surface area (Å²) in [6.07, 6.45) is 4.91. The van der Waals surface area contributed by atoms with E-state index in [-0.39, 0.29) is 0 Å². The minimum absolute atomic E-state index is 0.310. The number of hydrogen-bond donors (Lipinski definition) is 2. The lowest BCUT2D eigenvalue weighted by Gasteiger charge is -2.12. The Morgan fingerprint density at radius 3 is 3.00 bits per heavy atom. The Labute approximate surface area is 82.8 Å². The van der Waals surface area contributed by atoms with Gasteiger partial charge < -0.3 is 0 Å². The number of hydrazine groups is 1. The molecule has 1 aromatic rings. The van der Waals surface area contributed by atoms with Crippen LogP contribution in [0.25, 0.3) is 0 Å². The number of hydrogen-bond acceptors (Lipinski definition) is 4. The lowest BCUT2D eigenvalue weighted by atomic mass is 10.2. The molecule has 13 heavy (non-hydrogen) atoms. The Morgan fingerprint density at radius 2 is 2.54 bits per heavy atom. The van der Waals surface area contributed by atoms with Crippen LogP contribution in [0.2, 0.25) is 0 Å². The second-order valence-corrected chi connectivity index (χ2v) is 3.91. The van der Waals surface area contributed by atoms with Crippen molar-refractivity contribution in [1.29, 1.82) is 0 Å². The van der Waals surface area contributed by atoms with E-state index in [0.717, 1.165) is 17.9 Å². The topological polar surface area (TPSA) is 55.9 Å². The van der Waals surface area contributed by atoms with Crippen LogP contribution >= 0.6 is 11.8 Å². The summed E-state index contributed by atoms with van der Waals surface area (Å²) >= 11 is 1.78. The van der Waals surface area contributed by atoms with Crippen LogP contribution in [-0.2, 0) is 13.5 Å². The molecule has 5 heteroatoms. The van der Waals surface area contributed by atoms with Gasteiger partial charge in [-0.25, -0.2) is 0 Å². The molecule has 0 spiro atoms. The van der Waals surface area contributed by atoms with Gasteiger partial charge in [-0.2, -0.15) is 16.9 Å². The molecule has 0 aliphatic rings. The average Bonchev–Trinajstić information content (AvgIpc) is 2.50. The van der Waals surface area contributed by atoms with Crippen molar-refractivity contribution in [1.82, 2.24) is 15.2 Å². The van der Waals surface area contributed by atoms with Crippen molar-refractivity contribution in [2.45, 2.75) is 12.5 Å². The molecular weight excluding hydrogens is 184 g/mol. The van der Waals surface area contributed by atoms with Crippen molar-refractivity contribution >= 4 is 11.8 Å². The lowest BCUT2D eigenvalue weighted by molar-refractivity contribution is 0.564. The molecule has 0 aromatic carbocycles. The third-order valence-corrected chi connectivity index (χ3v) is 2.56. The molecule has 0 radical (unpaired) electrons. The molecule has 0 aliphatic carbocycles. The van der Waals surface area contributed by atoms with Crippen LogP contribution in [0, 0.1) is 0 Å². The third kappa shape index (κ3) is 3.38. The summed E-state index contributed by atoms with van der Waals surface area (Å²) in [5.74, 6) is 6.42. The maximum atomic E-state index is 5.42. The van der Waals surface area contributed by atoms with Gasteiger partial charge in [0.1, 0.15) is 0 Å². The van der Waals surface area contributed by atoms with E-state index < -0.39 is 0 Å². The van der Waals surface area contributed by atoms with Gasteiger partial charge in [0, 0.05) is 31.5 Å². The van der Waals surface area contributed by atoms with Gasteiger partial charge in [-0.3, -0.25) is 16.0 Å². The second kappa shape index (κ2) is 5.26. The molecule has 0 fully saturated rings. The molecule has 74 valence electrons. The summed E-state index contributed by atoms with van der Waals surface area (Å²) in [7, 11) is 1.92. The number of thioether (sulfide) groups is 1. The van der Waals surface area contributed by atoms with Gasteiger partial charge in [0.05, 0.1) is 5.69 Å². The van der Waals surface area contributed by atoms with Crippen molar-refractivity contribution < 1.29 is 0 Å². The van der Waals surface area contributed by atoms with E-state index in [9.17, 15) is 0 Å². The van der Waals surface area contributed by atoms with Crippen molar-refractivity contribution in [2.75, 3.05) is 12.0 Å². The van der Waals surface area contributed by atoms with Crippen LogP contribution in [-0.4, -0.2) is 27.8 Å². The zero-order valence-corrected chi connectivity index (χ0v) is 8.84. The quantitative estimate of drug-likeness (QED) is 0.525. The normalized spacial score (nSPS) is 13.2. The van der Waals surface area contributed by atoms with E-state index in [1.165, 1.54) is 0 Å². The van der Waals surface area contributed by atoms with Gasteiger partial charge >= 0.3 is 0 Å². The van der Waals surface area contributed by atoms with Crippen LogP contribution in [0.5, 0.6) is 0 Å². The van der Waals surface area contributed by atoms with Crippen LogP contribution < -0.4 is 11.3 Å². The van der Waals surface area contributed by atoms with E-state index in [1.54, 1.807) is 11.8 Å². The summed E-state index contributed by atoms with van der Waals surface area (Å²) in [6.45, 7) is 0. The van der Waals surface area contributed by atoms with Crippen LogP contribution in [0.15, 0.2) is 12.3 Å². The van der Waals surface area contributed by atoms with Crippen LogP contribution in [0.1, 0.15) is 5.69 Å². The second-order valence-electron chi connectivity index (χ2n) is 3.00. The molecule has 1 rings (SSSR count). The highest BCUT2D eigenvalue weighted by molar-refractivity contribution is 7.98. The van der Waals surface area contributed by atoms with E-state index in [0.29, 0.717) is 6.04 Å². The van der Waals surface area contributed by atoms with Gasteiger partial charge in [0.2, 0.25) is 0 Å². The molecule has 0 saturated carbocycles. The molecular formula is C8H16N4S. The molecule has 0 bridgehead atoms. The molecule has 0 aliphatic heterocycles. The standard InChI is InChI=1S/C8H16N4S/c1-12-4-3-7(11-12)5-8(10-9)6-13-2/h3-4,8,10H,5-6,9H2,1-2H3. The highest BCUT2D eigenvalue weighted by Crippen LogP contribution is 2.03. The first-order valence-corrected chi connectivity index (χ1v) is 5.59. The van der Waals surface area contributed by atoms with Crippen LogP contribution in [0.3, 0.4) is 0 Å². The Kier molecular flexibility index (Phi) is 4.27. The van der Waals surface area contributed by atoms with E-state index >= 15 is 0 Å². The van der Waals surface area contributed by atoms with Gasteiger partial charge in [-0.1, -0.05) is 0 Å². The molecule has 4 nitrogen and oxygen atoms in total. The lowest BCUT2D eigenvalue weighted by Crippen LogP contribution is -2.38. The highest BCUT2D eigenvalue weighted by atomic mass is 32.2. The van der Waals surface area contributed by atoms with E-state index in [4.69, 9.17) is 5.84 Å². The minimum Gasteiger partial charge on any atom is -0.276 e. The Balaban J connectivity index is 2.46. The summed E-state index contributed by atoms with van der Waals surface area (Å²) < 4.78 is 1.81. The number of nitrogens with zero attached hydrogens (tertiary/aromatic N) is 2. The van der Waals surface area contributed by atoms with Crippen molar-refractivity contribution in [3.8, 4) is 0 Å². The first-order valence-electron chi connectivity index (χ1n) is 4.20. The average molecular weight is 200 g/mol. The summed E-state index contributed by atoms with van der Waals surface area (Å²) in [5, 5.41) is 4.29. The molecule has 0 amide bonds. The summed E-state index contributed by atoms with van der Waals surface area (Å²) in [6, 6.07) is 2.33. The Bertz CT molecular complexity index is 248. The third-order valence-electron chi connectivity index (χ3n) is 1.83. The molecule has 1 atom stereocenters. The van der Waals surface area contributed by atoms with Gasteiger partial charge in [-0.15, -0.1) is 0 Å². The van der Waals surface area contributed by atoms with Gasteiger partial charge in [0.25, 0.3) is 0 Å². The monoisotopic (exact) mass is 200 g/mol. The molecule has 3 N–H and O–H groups in total. The summed E-state index contributed by atoms with van der Waals surface area (Å²) in [4.78, 5) is 0. The number of nitrogens with one attached hydrogen (secondary N) is 1. The largest absolute Gasteiger partial charge is 0.276 e. The van der Waals surface area contributed by atoms with Crippen molar-refractivity contribution in [3.63, 3.8) is 0 Å². The molecule has 0 saturated heterocycles. The maximum absolute atomic E-state index is 5.42. The van der Waals surface area contributed by atoms with E-state index in [2.05, 4.69) is 16.8 Å². The molecule has 1 unspecified atom stereocenters. The number of rotatable bonds is 5. The van der Waals surface area contributed by atoms with Crippen molar-refractivity contribution in [3.05, 3.63) is 18.0 Å². The first-order chi connectivity index (χ1) is 6.26. The SMILES string of the molecule is CSCC(Cc1ccn(C)n1)NN. The Morgan fingerprint density at radius 1 is 1.77 bits per heavy atom. The minimum atomic E-state index is 0.310. The van der Waals surface area contributed by atoms with Crippen LogP contribution in [0.4, 0.5) is 0 Å². The Hall–Kier alpha value is -0.520. The molecule has 1 aromatic heterocycles.